The number of aromatic nitrogens is 2. The Balaban J connectivity index is 1.66. The van der Waals surface area contributed by atoms with E-state index in [4.69, 9.17) is 4.74 Å². The Morgan fingerprint density at radius 1 is 1.00 bits per heavy atom. The van der Waals surface area contributed by atoms with Gasteiger partial charge in [0, 0.05) is 17.8 Å². The second kappa shape index (κ2) is 8.52. The number of carbonyl (C=O) groups is 1. The topological polar surface area (TPSA) is 76.1 Å². The highest BCUT2D eigenvalue weighted by atomic mass is 16.5. The van der Waals surface area contributed by atoms with E-state index in [1.165, 1.54) is 5.56 Å². The number of hydrogen-bond acceptors (Lipinski definition) is 5. The molecule has 0 saturated carbocycles. The largest absolute Gasteiger partial charge is 0.496 e. The van der Waals surface area contributed by atoms with Gasteiger partial charge in [0.2, 0.25) is 0 Å². The quantitative estimate of drug-likeness (QED) is 0.678. The van der Waals surface area contributed by atoms with E-state index in [1.54, 1.807) is 19.2 Å². The lowest BCUT2D eigenvalue weighted by atomic mass is 10.1. The monoisotopic (exact) mass is 376 g/mol. The van der Waals surface area contributed by atoms with Crippen LogP contribution in [0.5, 0.6) is 5.75 Å². The van der Waals surface area contributed by atoms with Crippen LogP contribution >= 0.6 is 0 Å². The number of rotatable bonds is 6. The zero-order valence-electron chi connectivity index (χ0n) is 16.5. The molecule has 0 aliphatic carbocycles. The van der Waals surface area contributed by atoms with Crippen molar-refractivity contribution in [3.05, 3.63) is 76.5 Å². The Bertz CT molecular complexity index is 961. The molecule has 1 amide bonds. The van der Waals surface area contributed by atoms with Gasteiger partial charge in [-0.2, -0.15) is 0 Å². The summed E-state index contributed by atoms with van der Waals surface area (Å²) in [6, 6.07) is 15.2. The van der Waals surface area contributed by atoms with Crippen LogP contribution in [-0.2, 0) is 6.54 Å². The molecule has 3 rings (SSSR count). The maximum Gasteiger partial charge on any atom is 0.272 e. The number of aryl methyl sites for hydroxylation is 3. The summed E-state index contributed by atoms with van der Waals surface area (Å²) in [5.41, 5.74) is 5.66. The van der Waals surface area contributed by atoms with E-state index in [1.807, 2.05) is 24.3 Å². The van der Waals surface area contributed by atoms with Crippen LogP contribution in [0.3, 0.4) is 0 Å². The first-order valence-electron chi connectivity index (χ1n) is 9.06. The van der Waals surface area contributed by atoms with E-state index in [9.17, 15) is 4.79 Å². The zero-order valence-corrected chi connectivity index (χ0v) is 16.5. The number of benzene rings is 2. The fourth-order valence-corrected chi connectivity index (χ4v) is 3.14. The van der Waals surface area contributed by atoms with Crippen LogP contribution in [0.1, 0.15) is 32.7 Å². The molecule has 144 valence electrons. The van der Waals surface area contributed by atoms with Gasteiger partial charge < -0.3 is 15.4 Å². The van der Waals surface area contributed by atoms with Crippen molar-refractivity contribution in [2.45, 2.75) is 27.3 Å². The molecule has 0 aliphatic rings. The molecule has 28 heavy (non-hydrogen) atoms. The molecule has 1 aromatic heterocycles. The highest BCUT2D eigenvalue weighted by Crippen LogP contribution is 2.24. The summed E-state index contributed by atoms with van der Waals surface area (Å²) < 4.78 is 5.29. The lowest BCUT2D eigenvalue weighted by molar-refractivity contribution is 0.0944. The number of carbonyl (C=O) groups excluding carboxylic acids is 1. The zero-order chi connectivity index (χ0) is 20.1. The van der Waals surface area contributed by atoms with Crippen molar-refractivity contribution in [3.8, 4) is 5.75 Å². The third-order valence-corrected chi connectivity index (χ3v) is 4.46. The number of ether oxygens (including phenoxy) is 1. The number of para-hydroxylation sites is 1. The number of nitrogens with zero attached hydrogens (tertiary/aromatic N) is 2. The minimum Gasteiger partial charge on any atom is -0.496 e. The normalized spacial score (nSPS) is 10.4. The molecule has 2 aromatic carbocycles. The lowest BCUT2D eigenvalue weighted by Crippen LogP contribution is -2.24. The molecule has 6 heteroatoms. The van der Waals surface area contributed by atoms with Crippen molar-refractivity contribution in [1.82, 2.24) is 15.5 Å². The molecule has 6 nitrogen and oxygen atoms in total. The van der Waals surface area contributed by atoms with Gasteiger partial charge in [0.1, 0.15) is 5.75 Å². The first kappa shape index (κ1) is 19.4. The Morgan fingerprint density at radius 3 is 2.36 bits per heavy atom. The average Bonchev–Trinajstić information content (AvgIpc) is 2.69. The van der Waals surface area contributed by atoms with Gasteiger partial charge in [-0.05, 0) is 50.1 Å². The molecule has 0 spiro atoms. The molecule has 3 aromatic rings. The average molecular weight is 376 g/mol. The Kier molecular flexibility index (Phi) is 5.89. The molecule has 0 radical (unpaired) electrons. The van der Waals surface area contributed by atoms with E-state index in [0.717, 1.165) is 28.1 Å². The molecular formula is C22H24N4O2. The third-order valence-electron chi connectivity index (χ3n) is 4.46. The second-order valence-electron chi connectivity index (χ2n) is 6.70. The van der Waals surface area contributed by atoms with Gasteiger partial charge in [0.15, 0.2) is 11.5 Å². The summed E-state index contributed by atoms with van der Waals surface area (Å²) >= 11 is 0. The van der Waals surface area contributed by atoms with Crippen molar-refractivity contribution in [3.63, 3.8) is 0 Å². The van der Waals surface area contributed by atoms with Gasteiger partial charge in [-0.25, -0.2) is 0 Å². The lowest BCUT2D eigenvalue weighted by Gasteiger charge is -2.13. The van der Waals surface area contributed by atoms with Gasteiger partial charge in [0.25, 0.3) is 5.91 Å². The summed E-state index contributed by atoms with van der Waals surface area (Å²) in [4.78, 5) is 12.4. The SMILES string of the molecule is COc1ccccc1CNC(=O)c1ccc(Nc2c(C)cc(C)cc2C)nn1. The van der Waals surface area contributed by atoms with Gasteiger partial charge in [0.05, 0.1) is 7.11 Å². The summed E-state index contributed by atoms with van der Waals surface area (Å²) in [6.07, 6.45) is 0. The predicted molar refractivity (Wildman–Crippen MR) is 110 cm³/mol. The Labute approximate surface area is 165 Å². The van der Waals surface area contributed by atoms with Gasteiger partial charge >= 0.3 is 0 Å². The van der Waals surface area contributed by atoms with Crippen LogP contribution in [0.2, 0.25) is 0 Å². The fraction of sp³-hybridized carbons (Fsp3) is 0.227. The highest BCUT2D eigenvalue weighted by molar-refractivity contribution is 5.92. The molecule has 0 saturated heterocycles. The summed E-state index contributed by atoms with van der Waals surface area (Å²) in [7, 11) is 1.61. The minimum absolute atomic E-state index is 0.262. The van der Waals surface area contributed by atoms with Gasteiger partial charge in [-0.1, -0.05) is 35.9 Å². The van der Waals surface area contributed by atoms with Crippen LogP contribution in [0.15, 0.2) is 48.5 Å². The summed E-state index contributed by atoms with van der Waals surface area (Å²) in [6.45, 7) is 6.53. The molecular weight excluding hydrogens is 352 g/mol. The number of nitrogens with one attached hydrogen (secondary N) is 2. The van der Waals surface area contributed by atoms with Crippen molar-refractivity contribution < 1.29 is 9.53 Å². The first-order valence-corrected chi connectivity index (χ1v) is 9.06. The molecule has 0 atom stereocenters. The fourth-order valence-electron chi connectivity index (χ4n) is 3.14. The molecule has 0 unspecified atom stereocenters. The molecule has 0 aliphatic heterocycles. The van der Waals surface area contributed by atoms with Crippen molar-refractivity contribution in [1.29, 1.82) is 0 Å². The summed E-state index contributed by atoms with van der Waals surface area (Å²) in [5.74, 6) is 1.04. The Morgan fingerprint density at radius 2 is 1.71 bits per heavy atom. The number of amides is 1. The number of anilines is 2. The number of hydrogen-bond donors (Lipinski definition) is 2. The molecule has 2 N–H and O–H groups in total. The Hall–Kier alpha value is -3.41. The second-order valence-corrected chi connectivity index (χ2v) is 6.70. The predicted octanol–water partition coefficient (Wildman–Crippen LogP) is 4.08. The molecule has 0 fully saturated rings. The van der Waals surface area contributed by atoms with Crippen molar-refractivity contribution in [2.75, 3.05) is 12.4 Å². The summed E-state index contributed by atoms with van der Waals surface area (Å²) in [5, 5.41) is 14.3. The van der Waals surface area contributed by atoms with E-state index in [0.29, 0.717) is 12.4 Å². The number of methoxy groups -OCH3 is 1. The molecule has 1 heterocycles. The maximum atomic E-state index is 12.4. The smallest absolute Gasteiger partial charge is 0.272 e. The van der Waals surface area contributed by atoms with Crippen LogP contribution in [0.4, 0.5) is 11.5 Å². The van der Waals surface area contributed by atoms with Crippen molar-refractivity contribution >= 4 is 17.4 Å². The minimum atomic E-state index is -0.285. The standard InChI is InChI=1S/C22H24N4O2/c1-14-11-15(2)21(16(3)12-14)24-20-10-9-18(25-26-20)22(27)23-13-17-7-5-6-8-19(17)28-4/h5-12H,13H2,1-4H3,(H,23,27)(H,24,26). The molecule has 0 bridgehead atoms. The third kappa shape index (κ3) is 4.46. The van der Waals surface area contributed by atoms with E-state index in [2.05, 4.69) is 53.7 Å². The first-order chi connectivity index (χ1) is 13.5. The highest BCUT2D eigenvalue weighted by Gasteiger charge is 2.11. The van der Waals surface area contributed by atoms with Gasteiger partial charge in [-0.15, -0.1) is 10.2 Å². The van der Waals surface area contributed by atoms with Crippen LogP contribution < -0.4 is 15.4 Å². The van der Waals surface area contributed by atoms with E-state index < -0.39 is 0 Å². The van der Waals surface area contributed by atoms with E-state index >= 15 is 0 Å². The van der Waals surface area contributed by atoms with Crippen molar-refractivity contribution in [2.24, 2.45) is 0 Å². The van der Waals surface area contributed by atoms with Crippen LogP contribution in [-0.4, -0.2) is 23.2 Å². The van der Waals surface area contributed by atoms with Crippen LogP contribution in [0, 0.1) is 20.8 Å². The van der Waals surface area contributed by atoms with E-state index in [-0.39, 0.29) is 11.6 Å². The maximum absolute atomic E-state index is 12.4. The van der Waals surface area contributed by atoms with Crippen LogP contribution in [0.25, 0.3) is 0 Å². The van der Waals surface area contributed by atoms with Gasteiger partial charge in [-0.3, -0.25) is 4.79 Å².